The van der Waals surface area contributed by atoms with Gasteiger partial charge in [-0.3, -0.25) is 4.79 Å². The highest BCUT2D eigenvalue weighted by atomic mass is 16.5. The molecule has 0 N–H and O–H groups in total. The van der Waals surface area contributed by atoms with E-state index in [-0.39, 0.29) is 23.5 Å². The molecule has 23 heavy (non-hydrogen) atoms. The van der Waals surface area contributed by atoms with Crippen LogP contribution in [0.25, 0.3) is 0 Å². The first-order chi connectivity index (χ1) is 11.0. The minimum Gasteiger partial charge on any atom is -0.378 e. The van der Waals surface area contributed by atoms with Crippen LogP contribution in [0.3, 0.4) is 0 Å². The molecule has 2 aliphatic rings. The third-order valence-electron chi connectivity index (χ3n) is 5.14. The first-order valence-electron chi connectivity index (χ1n) is 8.66. The molecule has 1 aromatic heterocycles. The molecule has 0 bridgehead atoms. The summed E-state index contributed by atoms with van der Waals surface area (Å²) in [5.74, 6) is 0.116. The number of hydrogen-bond acceptors (Lipinski definition) is 3. The molecule has 3 heterocycles. The van der Waals surface area contributed by atoms with Crippen molar-refractivity contribution in [1.29, 1.82) is 0 Å². The molecule has 0 aliphatic carbocycles. The van der Waals surface area contributed by atoms with Crippen molar-refractivity contribution in [3.63, 3.8) is 0 Å². The number of aromatic nitrogens is 1. The molecule has 0 saturated carbocycles. The largest absolute Gasteiger partial charge is 0.378 e. The Hall–Kier alpha value is -1.33. The Balaban J connectivity index is 1.77. The van der Waals surface area contributed by atoms with Crippen LogP contribution in [-0.4, -0.2) is 53.9 Å². The Bertz CT molecular complexity index is 554. The number of amides is 1. The Morgan fingerprint density at radius 3 is 3.04 bits per heavy atom. The van der Waals surface area contributed by atoms with E-state index in [9.17, 15) is 4.79 Å². The van der Waals surface area contributed by atoms with Crippen LogP contribution >= 0.6 is 0 Å². The van der Waals surface area contributed by atoms with Crippen LogP contribution in [0.2, 0.25) is 0 Å². The molecule has 0 aromatic carbocycles. The van der Waals surface area contributed by atoms with E-state index in [1.165, 1.54) is 0 Å². The van der Waals surface area contributed by atoms with Crippen molar-refractivity contribution in [2.24, 2.45) is 12.5 Å². The van der Waals surface area contributed by atoms with Gasteiger partial charge in [-0.2, -0.15) is 0 Å². The highest BCUT2D eigenvalue weighted by molar-refractivity contribution is 5.92. The minimum absolute atomic E-state index is 0.0540. The van der Waals surface area contributed by atoms with E-state index >= 15 is 0 Å². The maximum Gasteiger partial charge on any atom is 0.270 e. The molecule has 0 unspecified atom stereocenters. The van der Waals surface area contributed by atoms with Crippen LogP contribution in [0.5, 0.6) is 0 Å². The predicted octanol–water partition coefficient (Wildman–Crippen LogP) is 2.46. The summed E-state index contributed by atoms with van der Waals surface area (Å²) in [6.07, 6.45) is 5.35. The molecule has 2 aliphatic heterocycles. The first-order valence-corrected chi connectivity index (χ1v) is 8.66. The second-order valence-electron chi connectivity index (χ2n) is 7.20. The molecule has 2 atom stereocenters. The molecule has 128 valence electrons. The van der Waals surface area contributed by atoms with Gasteiger partial charge < -0.3 is 18.9 Å². The van der Waals surface area contributed by atoms with Gasteiger partial charge in [-0.15, -0.1) is 0 Å². The van der Waals surface area contributed by atoms with Gasteiger partial charge in [0.15, 0.2) is 0 Å². The van der Waals surface area contributed by atoms with Gasteiger partial charge in [0.05, 0.1) is 18.8 Å². The standard InChI is InChI=1S/C18H28N2O3/c1-14(2)23-13-18-8-5-11-22-16(18)7-10-20(12-18)17(21)15-6-4-9-19(15)3/h4,6,9,14,16H,5,7-8,10-13H2,1-3H3/t16-,18+/m0/s1. The van der Waals surface area contributed by atoms with E-state index in [4.69, 9.17) is 9.47 Å². The zero-order valence-corrected chi connectivity index (χ0v) is 14.5. The number of carbonyl (C=O) groups is 1. The second kappa shape index (κ2) is 6.65. The van der Waals surface area contributed by atoms with E-state index in [1.807, 2.05) is 34.8 Å². The van der Waals surface area contributed by atoms with Crippen molar-refractivity contribution in [3.05, 3.63) is 24.0 Å². The molecule has 5 heteroatoms. The normalized spacial score (nSPS) is 28.0. The van der Waals surface area contributed by atoms with Gasteiger partial charge in [0.1, 0.15) is 5.69 Å². The Kier molecular flexibility index (Phi) is 4.78. The van der Waals surface area contributed by atoms with E-state index in [0.29, 0.717) is 6.61 Å². The molecule has 5 nitrogen and oxygen atoms in total. The summed E-state index contributed by atoms with van der Waals surface area (Å²) in [4.78, 5) is 14.9. The van der Waals surface area contributed by atoms with Crippen LogP contribution in [-0.2, 0) is 16.5 Å². The lowest BCUT2D eigenvalue weighted by atomic mass is 9.73. The smallest absolute Gasteiger partial charge is 0.270 e. The van der Waals surface area contributed by atoms with Gasteiger partial charge in [-0.1, -0.05) is 0 Å². The average Bonchev–Trinajstić information content (AvgIpc) is 2.98. The number of rotatable bonds is 4. The van der Waals surface area contributed by atoms with Gasteiger partial charge in [0.2, 0.25) is 0 Å². The summed E-state index contributed by atoms with van der Waals surface area (Å²) < 4.78 is 13.9. The number of fused-ring (bicyclic) bond motifs is 1. The van der Waals surface area contributed by atoms with Gasteiger partial charge in [0, 0.05) is 38.4 Å². The monoisotopic (exact) mass is 320 g/mol. The molecule has 3 rings (SSSR count). The number of piperidine rings is 1. The topological polar surface area (TPSA) is 43.7 Å². The highest BCUT2D eigenvalue weighted by Gasteiger charge is 2.47. The fourth-order valence-corrected chi connectivity index (χ4v) is 3.85. The van der Waals surface area contributed by atoms with Gasteiger partial charge in [0.25, 0.3) is 5.91 Å². The number of carbonyl (C=O) groups excluding carboxylic acids is 1. The van der Waals surface area contributed by atoms with Crippen LogP contribution in [0.15, 0.2) is 18.3 Å². The number of ether oxygens (including phenoxy) is 2. The first kappa shape index (κ1) is 16.5. The van der Waals surface area contributed by atoms with Crippen LogP contribution < -0.4 is 0 Å². The molecule has 2 fully saturated rings. The molecular formula is C18H28N2O3. The Morgan fingerprint density at radius 2 is 2.35 bits per heavy atom. The molecule has 1 amide bonds. The number of aryl methyl sites for hydroxylation is 1. The molecule has 0 radical (unpaired) electrons. The number of hydrogen-bond donors (Lipinski definition) is 0. The van der Waals surface area contributed by atoms with Crippen molar-refractivity contribution < 1.29 is 14.3 Å². The predicted molar refractivity (Wildman–Crippen MR) is 88.4 cm³/mol. The van der Waals surface area contributed by atoms with E-state index in [1.54, 1.807) is 0 Å². The average molecular weight is 320 g/mol. The summed E-state index contributed by atoms with van der Waals surface area (Å²) in [6, 6.07) is 3.81. The summed E-state index contributed by atoms with van der Waals surface area (Å²) >= 11 is 0. The van der Waals surface area contributed by atoms with Crippen LogP contribution in [0.4, 0.5) is 0 Å². The summed E-state index contributed by atoms with van der Waals surface area (Å²) in [5, 5.41) is 0. The Labute approximate surface area is 138 Å². The summed E-state index contributed by atoms with van der Waals surface area (Å²) in [5.41, 5.74) is 0.696. The van der Waals surface area contributed by atoms with Gasteiger partial charge >= 0.3 is 0 Å². The maximum atomic E-state index is 12.9. The zero-order valence-electron chi connectivity index (χ0n) is 14.5. The molecule has 1 aromatic rings. The molecule has 2 saturated heterocycles. The SMILES string of the molecule is CC(C)OC[C@]12CCCO[C@H]1CCN(C(=O)c1cccn1C)C2. The van der Waals surface area contributed by atoms with Gasteiger partial charge in [-0.05, 0) is 45.2 Å². The summed E-state index contributed by atoms with van der Waals surface area (Å²) in [7, 11) is 1.92. The van der Waals surface area contributed by atoms with E-state index in [0.717, 1.165) is 44.7 Å². The van der Waals surface area contributed by atoms with Crippen molar-refractivity contribution in [2.75, 3.05) is 26.3 Å². The number of nitrogens with zero attached hydrogens (tertiary/aromatic N) is 2. The van der Waals surface area contributed by atoms with Crippen molar-refractivity contribution in [2.45, 2.75) is 45.3 Å². The molecular weight excluding hydrogens is 292 g/mol. The summed E-state index contributed by atoms with van der Waals surface area (Å²) in [6.45, 7) is 7.12. The third kappa shape index (κ3) is 3.31. The third-order valence-corrected chi connectivity index (χ3v) is 5.14. The fraction of sp³-hybridized carbons (Fsp3) is 0.722. The lowest BCUT2D eigenvalue weighted by Gasteiger charge is -2.50. The lowest BCUT2D eigenvalue weighted by molar-refractivity contribution is -0.152. The van der Waals surface area contributed by atoms with Crippen molar-refractivity contribution >= 4 is 5.91 Å². The zero-order chi connectivity index (χ0) is 16.4. The van der Waals surface area contributed by atoms with Crippen molar-refractivity contribution in [3.8, 4) is 0 Å². The second-order valence-corrected chi connectivity index (χ2v) is 7.20. The fourth-order valence-electron chi connectivity index (χ4n) is 3.85. The van der Waals surface area contributed by atoms with E-state index < -0.39 is 0 Å². The highest BCUT2D eigenvalue weighted by Crippen LogP contribution is 2.41. The van der Waals surface area contributed by atoms with Crippen LogP contribution in [0.1, 0.15) is 43.6 Å². The van der Waals surface area contributed by atoms with Crippen LogP contribution in [0, 0.1) is 5.41 Å². The quantitative estimate of drug-likeness (QED) is 0.856. The maximum absolute atomic E-state index is 12.9. The van der Waals surface area contributed by atoms with E-state index in [2.05, 4.69) is 13.8 Å². The van der Waals surface area contributed by atoms with Gasteiger partial charge in [-0.25, -0.2) is 0 Å². The lowest BCUT2D eigenvalue weighted by Crippen LogP contribution is -2.58. The number of likely N-dealkylation sites (tertiary alicyclic amines) is 1. The molecule has 0 spiro atoms. The van der Waals surface area contributed by atoms with Crippen molar-refractivity contribution in [1.82, 2.24) is 9.47 Å². The Morgan fingerprint density at radius 1 is 1.52 bits per heavy atom. The minimum atomic E-state index is -0.0540.